The lowest BCUT2D eigenvalue weighted by Crippen LogP contribution is -2.23. The molecule has 1 atom stereocenters. The second-order valence-corrected chi connectivity index (χ2v) is 3.10. The lowest BCUT2D eigenvalue weighted by molar-refractivity contribution is -0.141. The van der Waals surface area contributed by atoms with E-state index in [0.29, 0.717) is 6.61 Å². The molecule has 1 aromatic carbocycles. The van der Waals surface area contributed by atoms with Crippen molar-refractivity contribution in [1.29, 1.82) is 0 Å². The standard InChI is InChI=1S/C10H10O3/c11-10(12)9-6-13-5-7-3-1-2-4-8(7)9/h1-4,9H,5-6H2,(H,11,12). The number of carboxylic acid groups (broad SMARTS) is 1. The summed E-state index contributed by atoms with van der Waals surface area (Å²) in [6.07, 6.45) is 0. The number of carboxylic acids is 1. The van der Waals surface area contributed by atoms with Gasteiger partial charge in [0.25, 0.3) is 0 Å². The Morgan fingerprint density at radius 2 is 2.23 bits per heavy atom. The molecule has 0 fully saturated rings. The first-order valence-electron chi connectivity index (χ1n) is 4.17. The Hall–Kier alpha value is -1.35. The van der Waals surface area contributed by atoms with E-state index < -0.39 is 11.9 Å². The summed E-state index contributed by atoms with van der Waals surface area (Å²) in [5.41, 5.74) is 1.88. The predicted octanol–water partition coefficient (Wildman–Crippen LogP) is 1.39. The third-order valence-electron chi connectivity index (χ3n) is 2.27. The fourth-order valence-electron chi connectivity index (χ4n) is 1.59. The molecule has 0 radical (unpaired) electrons. The molecular weight excluding hydrogens is 168 g/mol. The van der Waals surface area contributed by atoms with E-state index in [1.807, 2.05) is 24.3 Å². The molecule has 68 valence electrons. The van der Waals surface area contributed by atoms with Gasteiger partial charge in [-0.15, -0.1) is 0 Å². The van der Waals surface area contributed by atoms with Gasteiger partial charge in [-0.1, -0.05) is 24.3 Å². The molecule has 0 aromatic heterocycles. The maximum absolute atomic E-state index is 10.8. The van der Waals surface area contributed by atoms with Gasteiger partial charge in [0.1, 0.15) is 5.92 Å². The lowest BCUT2D eigenvalue weighted by atomic mass is 9.93. The van der Waals surface area contributed by atoms with E-state index in [1.54, 1.807) is 0 Å². The van der Waals surface area contributed by atoms with Gasteiger partial charge in [-0.25, -0.2) is 0 Å². The van der Waals surface area contributed by atoms with Crippen molar-refractivity contribution in [3.63, 3.8) is 0 Å². The van der Waals surface area contributed by atoms with E-state index in [-0.39, 0.29) is 6.61 Å². The number of carbonyl (C=O) groups is 1. The van der Waals surface area contributed by atoms with Crippen LogP contribution < -0.4 is 0 Å². The fourth-order valence-corrected chi connectivity index (χ4v) is 1.59. The third kappa shape index (κ3) is 1.42. The van der Waals surface area contributed by atoms with Crippen LogP contribution in [0.2, 0.25) is 0 Å². The molecule has 0 saturated carbocycles. The average Bonchev–Trinajstić information content (AvgIpc) is 2.17. The van der Waals surface area contributed by atoms with Gasteiger partial charge >= 0.3 is 5.97 Å². The topological polar surface area (TPSA) is 46.5 Å². The molecule has 2 rings (SSSR count). The molecule has 3 nitrogen and oxygen atoms in total. The molecule has 13 heavy (non-hydrogen) atoms. The first kappa shape index (κ1) is 8.26. The van der Waals surface area contributed by atoms with Crippen LogP contribution in [0, 0.1) is 0 Å². The van der Waals surface area contributed by atoms with Gasteiger partial charge in [0.15, 0.2) is 0 Å². The quantitative estimate of drug-likeness (QED) is 0.706. The van der Waals surface area contributed by atoms with E-state index in [1.165, 1.54) is 0 Å². The molecule has 0 aliphatic carbocycles. The minimum Gasteiger partial charge on any atom is -0.481 e. The van der Waals surface area contributed by atoms with Gasteiger partial charge in [-0.2, -0.15) is 0 Å². The van der Waals surface area contributed by atoms with Crippen molar-refractivity contribution in [2.75, 3.05) is 6.61 Å². The fraction of sp³-hybridized carbons (Fsp3) is 0.300. The Labute approximate surface area is 76.0 Å². The van der Waals surface area contributed by atoms with Crippen LogP contribution in [0.3, 0.4) is 0 Å². The molecule has 1 N–H and O–H groups in total. The highest BCUT2D eigenvalue weighted by molar-refractivity contribution is 5.77. The molecule has 3 heteroatoms. The monoisotopic (exact) mass is 178 g/mol. The molecule has 0 saturated heterocycles. The summed E-state index contributed by atoms with van der Waals surface area (Å²) in [6, 6.07) is 7.52. The van der Waals surface area contributed by atoms with Gasteiger partial charge in [0.05, 0.1) is 13.2 Å². The van der Waals surface area contributed by atoms with Crippen molar-refractivity contribution in [3.05, 3.63) is 35.4 Å². The Morgan fingerprint density at radius 1 is 1.46 bits per heavy atom. The number of hydrogen-bond donors (Lipinski definition) is 1. The minimum absolute atomic E-state index is 0.284. The Balaban J connectivity index is 2.42. The first-order chi connectivity index (χ1) is 6.29. The van der Waals surface area contributed by atoms with Gasteiger partial charge in [0, 0.05) is 0 Å². The molecule has 1 aromatic rings. The van der Waals surface area contributed by atoms with Crippen molar-refractivity contribution >= 4 is 5.97 Å². The highest BCUT2D eigenvalue weighted by Gasteiger charge is 2.25. The maximum Gasteiger partial charge on any atom is 0.313 e. The molecule has 1 unspecified atom stereocenters. The molecule has 0 amide bonds. The third-order valence-corrected chi connectivity index (χ3v) is 2.27. The van der Waals surface area contributed by atoms with Crippen LogP contribution in [0.15, 0.2) is 24.3 Å². The molecule has 1 aliphatic heterocycles. The normalized spacial score (nSPS) is 20.8. The van der Waals surface area contributed by atoms with Crippen LogP contribution in [0.1, 0.15) is 17.0 Å². The van der Waals surface area contributed by atoms with Crippen molar-refractivity contribution in [1.82, 2.24) is 0 Å². The molecular formula is C10H10O3. The lowest BCUT2D eigenvalue weighted by Gasteiger charge is -2.22. The Kier molecular flexibility index (Phi) is 2.02. The number of benzene rings is 1. The van der Waals surface area contributed by atoms with Crippen LogP contribution in [-0.4, -0.2) is 17.7 Å². The summed E-state index contributed by atoms with van der Waals surface area (Å²) in [7, 11) is 0. The minimum atomic E-state index is -0.813. The summed E-state index contributed by atoms with van der Waals surface area (Å²) in [5, 5.41) is 8.91. The Morgan fingerprint density at radius 3 is 3.00 bits per heavy atom. The van der Waals surface area contributed by atoms with Gasteiger partial charge in [0.2, 0.25) is 0 Å². The summed E-state index contributed by atoms with van der Waals surface area (Å²) in [6.45, 7) is 0.812. The SMILES string of the molecule is O=C(O)C1COCc2ccccc21. The number of hydrogen-bond acceptors (Lipinski definition) is 2. The van der Waals surface area contributed by atoms with E-state index in [9.17, 15) is 4.79 Å². The van der Waals surface area contributed by atoms with E-state index in [2.05, 4.69) is 0 Å². The smallest absolute Gasteiger partial charge is 0.313 e. The van der Waals surface area contributed by atoms with E-state index >= 15 is 0 Å². The largest absolute Gasteiger partial charge is 0.481 e. The zero-order chi connectivity index (χ0) is 9.26. The number of ether oxygens (including phenoxy) is 1. The van der Waals surface area contributed by atoms with E-state index in [0.717, 1.165) is 11.1 Å². The molecule has 0 bridgehead atoms. The number of fused-ring (bicyclic) bond motifs is 1. The van der Waals surface area contributed by atoms with Crippen LogP contribution in [-0.2, 0) is 16.1 Å². The summed E-state index contributed by atoms with van der Waals surface area (Å²) in [5.74, 6) is -1.31. The van der Waals surface area contributed by atoms with Crippen LogP contribution in [0.5, 0.6) is 0 Å². The highest BCUT2D eigenvalue weighted by atomic mass is 16.5. The Bertz CT molecular complexity index is 333. The molecule has 1 aliphatic rings. The summed E-state index contributed by atoms with van der Waals surface area (Å²) < 4.78 is 5.19. The van der Waals surface area contributed by atoms with Gasteiger partial charge in [-0.05, 0) is 11.1 Å². The van der Waals surface area contributed by atoms with Gasteiger partial charge < -0.3 is 9.84 Å². The summed E-state index contributed by atoms with van der Waals surface area (Å²) in [4.78, 5) is 10.8. The second-order valence-electron chi connectivity index (χ2n) is 3.10. The van der Waals surface area contributed by atoms with Crippen molar-refractivity contribution in [2.24, 2.45) is 0 Å². The van der Waals surface area contributed by atoms with Crippen molar-refractivity contribution in [3.8, 4) is 0 Å². The first-order valence-corrected chi connectivity index (χ1v) is 4.17. The van der Waals surface area contributed by atoms with Crippen molar-refractivity contribution < 1.29 is 14.6 Å². The predicted molar refractivity (Wildman–Crippen MR) is 46.5 cm³/mol. The zero-order valence-electron chi connectivity index (χ0n) is 7.06. The summed E-state index contributed by atoms with van der Waals surface area (Å²) >= 11 is 0. The van der Waals surface area contributed by atoms with Crippen LogP contribution >= 0.6 is 0 Å². The van der Waals surface area contributed by atoms with Gasteiger partial charge in [-0.3, -0.25) is 4.79 Å². The van der Waals surface area contributed by atoms with Crippen LogP contribution in [0.4, 0.5) is 0 Å². The van der Waals surface area contributed by atoms with Crippen LogP contribution in [0.25, 0.3) is 0 Å². The zero-order valence-corrected chi connectivity index (χ0v) is 7.06. The maximum atomic E-state index is 10.8. The number of aliphatic carboxylic acids is 1. The average molecular weight is 178 g/mol. The second kappa shape index (κ2) is 3.18. The molecule has 0 spiro atoms. The van der Waals surface area contributed by atoms with E-state index in [4.69, 9.17) is 9.84 Å². The number of rotatable bonds is 1. The van der Waals surface area contributed by atoms with Crippen molar-refractivity contribution in [2.45, 2.75) is 12.5 Å². The molecule has 1 heterocycles. The highest BCUT2D eigenvalue weighted by Crippen LogP contribution is 2.26.